The van der Waals surface area contributed by atoms with Gasteiger partial charge in [0, 0.05) is 17.7 Å². The SMILES string of the molecule is C=C(C)C(=O)OCc1cc(-c2ccc(-c3ccc(C)cc3)cc2F)ccc1CCCO. The van der Waals surface area contributed by atoms with Crippen LogP contribution in [-0.4, -0.2) is 17.7 Å². The third-order valence-corrected chi connectivity index (χ3v) is 5.18. The van der Waals surface area contributed by atoms with E-state index in [1.807, 2.05) is 55.5 Å². The van der Waals surface area contributed by atoms with Gasteiger partial charge in [0.15, 0.2) is 0 Å². The topological polar surface area (TPSA) is 46.5 Å². The van der Waals surface area contributed by atoms with Gasteiger partial charge >= 0.3 is 5.97 Å². The van der Waals surface area contributed by atoms with Crippen LogP contribution in [0.5, 0.6) is 0 Å². The highest BCUT2D eigenvalue weighted by Crippen LogP contribution is 2.30. The molecule has 0 unspecified atom stereocenters. The summed E-state index contributed by atoms with van der Waals surface area (Å²) in [5, 5.41) is 9.17. The van der Waals surface area contributed by atoms with Crippen molar-refractivity contribution < 1.29 is 19.0 Å². The van der Waals surface area contributed by atoms with Crippen molar-refractivity contribution in [2.45, 2.75) is 33.3 Å². The summed E-state index contributed by atoms with van der Waals surface area (Å²) in [6.45, 7) is 7.35. The Hall–Kier alpha value is -3.24. The van der Waals surface area contributed by atoms with E-state index in [0.29, 0.717) is 29.5 Å². The maximum absolute atomic E-state index is 15.0. The van der Waals surface area contributed by atoms with E-state index in [1.54, 1.807) is 19.1 Å². The molecule has 0 aliphatic heterocycles. The van der Waals surface area contributed by atoms with E-state index in [0.717, 1.165) is 27.8 Å². The van der Waals surface area contributed by atoms with Gasteiger partial charge in [-0.25, -0.2) is 9.18 Å². The molecule has 0 fully saturated rings. The van der Waals surface area contributed by atoms with Crippen molar-refractivity contribution in [2.24, 2.45) is 0 Å². The molecule has 3 aromatic rings. The van der Waals surface area contributed by atoms with Crippen LogP contribution in [0, 0.1) is 12.7 Å². The second-order valence-electron chi connectivity index (χ2n) is 7.73. The number of hydrogen-bond acceptors (Lipinski definition) is 3. The van der Waals surface area contributed by atoms with Crippen molar-refractivity contribution in [3.8, 4) is 22.3 Å². The number of aliphatic hydroxyl groups is 1. The number of aryl methyl sites for hydroxylation is 2. The van der Waals surface area contributed by atoms with E-state index in [1.165, 1.54) is 0 Å². The summed E-state index contributed by atoms with van der Waals surface area (Å²) in [5.74, 6) is -0.779. The van der Waals surface area contributed by atoms with Gasteiger partial charge in [-0.1, -0.05) is 60.7 Å². The van der Waals surface area contributed by atoms with Crippen molar-refractivity contribution in [3.63, 3.8) is 0 Å². The van der Waals surface area contributed by atoms with E-state index in [-0.39, 0.29) is 19.0 Å². The Kier molecular flexibility index (Phi) is 7.37. The predicted octanol–water partition coefficient (Wildman–Crippen LogP) is 6.01. The highest BCUT2D eigenvalue weighted by molar-refractivity contribution is 5.87. The summed E-state index contributed by atoms with van der Waals surface area (Å²) in [4.78, 5) is 11.8. The Labute approximate surface area is 182 Å². The number of halogens is 1. The first-order valence-corrected chi connectivity index (χ1v) is 10.3. The summed E-state index contributed by atoms with van der Waals surface area (Å²) in [6, 6.07) is 18.8. The number of carbonyl (C=O) groups is 1. The zero-order valence-corrected chi connectivity index (χ0v) is 18.0. The van der Waals surface area contributed by atoms with Gasteiger partial charge in [-0.05, 0) is 66.6 Å². The van der Waals surface area contributed by atoms with Crippen molar-refractivity contribution in [3.05, 3.63) is 95.3 Å². The van der Waals surface area contributed by atoms with Crippen LogP contribution in [0.1, 0.15) is 30.0 Å². The summed E-state index contributed by atoms with van der Waals surface area (Å²) >= 11 is 0. The van der Waals surface area contributed by atoms with Gasteiger partial charge in [-0.3, -0.25) is 0 Å². The number of carbonyl (C=O) groups excluding carboxylic acids is 1. The Morgan fingerprint density at radius 1 is 0.968 bits per heavy atom. The Morgan fingerprint density at radius 2 is 1.65 bits per heavy atom. The lowest BCUT2D eigenvalue weighted by Crippen LogP contribution is -2.07. The van der Waals surface area contributed by atoms with Crippen LogP contribution >= 0.6 is 0 Å². The van der Waals surface area contributed by atoms with Gasteiger partial charge in [0.2, 0.25) is 0 Å². The van der Waals surface area contributed by atoms with Crippen molar-refractivity contribution in [2.75, 3.05) is 6.61 Å². The minimum absolute atomic E-state index is 0.0713. The van der Waals surface area contributed by atoms with Crippen LogP contribution in [0.15, 0.2) is 72.8 Å². The number of esters is 1. The molecule has 0 heterocycles. The first kappa shape index (κ1) is 22.4. The van der Waals surface area contributed by atoms with E-state index in [9.17, 15) is 4.79 Å². The van der Waals surface area contributed by atoms with Crippen LogP contribution in [0.2, 0.25) is 0 Å². The first-order valence-electron chi connectivity index (χ1n) is 10.3. The molecule has 0 saturated carbocycles. The maximum atomic E-state index is 15.0. The standard InChI is InChI=1S/C27H27FO3/c1-18(2)27(30)31-17-24-15-23(11-10-20(24)5-4-14-29)25-13-12-22(16-26(25)28)21-8-6-19(3)7-9-21/h6-13,15-16,29H,1,4-5,14,17H2,2-3H3. The number of rotatable bonds is 8. The van der Waals surface area contributed by atoms with Crippen LogP contribution in [0.4, 0.5) is 4.39 Å². The van der Waals surface area contributed by atoms with Gasteiger partial charge in [-0.15, -0.1) is 0 Å². The Bertz CT molecular complexity index is 1080. The van der Waals surface area contributed by atoms with Gasteiger partial charge in [-0.2, -0.15) is 0 Å². The van der Waals surface area contributed by atoms with Gasteiger partial charge in [0.1, 0.15) is 12.4 Å². The van der Waals surface area contributed by atoms with Crippen molar-refractivity contribution in [1.82, 2.24) is 0 Å². The fraction of sp³-hybridized carbons (Fsp3) is 0.222. The van der Waals surface area contributed by atoms with Crippen LogP contribution in [-0.2, 0) is 22.6 Å². The lowest BCUT2D eigenvalue weighted by Gasteiger charge is -2.14. The maximum Gasteiger partial charge on any atom is 0.333 e. The second-order valence-corrected chi connectivity index (χ2v) is 7.73. The molecule has 0 atom stereocenters. The van der Waals surface area contributed by atoms with E-state index >= 15 is 4.39 Å². The quantitative estimate of drug-likeness (QED) is 0.360. The zero-order chi connectivity index (χ0) is 22.4. The minimum atomic E-state index is -0.466. The number of hydrogen-bond donors (Lipinski definition) is 1. The second kappa shape index (κ2) is 10.2. The highest BCUT2D eigenvalue weighted by Gasteiger charge is 2.12. The molecule has 0 radical (unpaired) electrons. The van der Waals surface area contributed by atoms with E-state index < -0.39 is 5.97 Å². The predicted molar refractivity (Wildman–Crippen MR) is 122 cm³/mol. The number of benzene rings is 3. The summed E-state index contributed by atoms with van der Waals surface area (Å²) in [7, 11) is 0. The third-order valence-electron chi connectivity index (χ3n) is 5.18. The molecule has 31 heavy (non-hydrogen) atoms. The monoisotopic (exact) mass is 418 g/mol. The molecule has 0 saturated heterocycles. The fourth-order valence-electron chi connectivity index (χ4n) is 3.38. The average Bonchev–Trinajstić information content (AvgIpc) is 2.76. The van der Waals surface area contributed by atoms with Gasteiger partial charge in [0.25, 0.3) is 0 Å². The third kappa shape index (κ3) is 5.68. The average molecular weight is 419 g/mol. The molecule has 0 bridgehead atoms. The van der Waals surface area contributed by atoms with Gasteiger partial charge < -0.3 is 9.84 Å². The molecule has 0 aromatic heterocycles. The molecule has 1 N–H and O–H groups in total. The normalized spacial score (nSPS) is 10.7. The molecule has 3 aromatic carbocycles. The molecule has 0 aliphatic rings. The van der Waals surface area contributed by atoms with Crippen LogP contribution in [0.3, 0.4) is 0 Å². The molecule has 0 spiro atoms. The summed E-state index contributed by atoms with van der Waals surface area (Å²) in [6.07, 6.45) is 1.24. The van der Waals surface area contributed by atoms with Crippen LogP contribution < -0.4 is 0 Å². The molecular formula is C27H27FO3. The zero-order valence-electron chi connectivity index (χ0n) is 18.0. The smallest absolute Gasteiger partial charge is 0.333 e. The van der Waals surface area contributed by atoms with E-state index in [4.69, 9.17) is 9.84 Å². The Morgan fingerprint density at radius 3 is 2.29 bits per heavy atom. The molecule has 3 rings (SSSR count). The lowest BCUT2D eigenvalue weighted by molar-refractivity contribution is -0.140. The molecule has 160 valence electrons. The van der Waals surface area contributed by atoms with E-state index in [2.05, 4.69) is 6.58 Å². The number of aliphatic hydroxyl groups excluding tert-OH is 1. The Balaban J connectivity index is 1.92. The molecule has 0 amide bonds. The minimum Gasteiger partial charge on any atom is -0.457 e. The largest absolute Gasteiger partial charge is 0.457 e. The first-order chi connectivity index (χ1) is 14.9. The van der Waals surface area contributed by atoms with Crippen molar-refractivity contribution in [1.29, 1.82) is 0 Å². The van der Waals surface area contributed by atoms with Crippen LogP contribution in [0.25, 0.3) is 22.3 Å². The lowest BCUT2D eigenvalue weighted by atomic mass is 9.95. The van der Waals surface area contributed by atoms with Crippen molar-refractivity contribution >= 4 is 5.97 Å². The molecule has 3 nitrogen and oxygen atoms in total. The highest BCUT2D eigenvalue weighted by atomic mass is 19.1. The molecular weight excluding hydrogens is 391 g/mol. The molecule has 4 heteroatoms. The summed E-state index contributed by atoms with van der Waals surface area (Å²) < 4.78 is 20.3. The number of ether oxygens (including phenoxy) is 1. The fourth-order valence-corrected chi connectivity index (χ4v) is 3.38. The summed E-state index contributed by atoms with van der Waals surface area (Å²) in [5.41, 5.74) is 6.21. The van der Waals surface area contributed by atoms with Gasteiger partial charge in [0.05, 0.1) is 0 Å². The molecule has 0 aliphatic carbocycles.